The smallest absolute Gasteiger partial charge is 0.158 e. The van der Waals surface area contributed by atoms with Gasteiger partial charge in [0.25, 0.3) is 0 Å². The fourth-order valence-electron chi connectivity index (χ4n) is 2.61. The minimum atomic E-state index is -1.00. The van der Waals surface area contributed by atoms with Gasteiger partial charge in [-0.05, 0) is 43.3 Å². The first-order chi connectivity index (χ1) is 12.1. The van der Waals surface area contributed by atoms with Crippen molar-refractivity contribution >= 4 is 26.9 Å². The molecule has 0 aliphatic rings. The molecule has 0 radical (unpaired) electrons. The molecule has 1 unspecified atom stereocenters. The van der Waals surface area contributed by atoms with Gasteiger partial charge in [-0.2, -0.15) is 0 Å². The number of hydrogen-bond acceptors (Lipinski definition) is 4. The molecule has 0 aliphatic carbocycles. The van der Waals surface area contributed by atoms with E-state index in [-0.39, 0.29) is 18.8 Å². The van der Waals surface area contributed by atoms with Gasteiger partial charge < -0.3 is 19.0 Å². The highest BCUT2D eigenvalue weighted by atomic mass is 79.9. The summed E-state index contributed by atoms with van der Waals surface area (Å²) in [6.07, 6.45) is 0.799. The Kier molecular flexibility index (Phi) is 5.73. The van der Waals surface area contributed by atoms with Gasteiger partial charge >= 0.3 is 0 Å². The zero-order valence-electron chi connectivity index (χ0n) is 13.7. The molecule has 132 valence electrons. The van der Waals surface area contributed by atoms with Gasteiger partial charge in [0.15, 0.2) is 6.29 Å². The second kappa shape index (κ2) is 7.99. The number of fused-ring (bicyclic) bond motifs is 1. The molecule has 6 heteroatoms. The van der Waals surface area contributed by atoms with Gasteiger partial charge in [-0.1, -0.05) is 15.9 Å². The highest BCUT2D eigenvalue weighted by molar-refractivity contribution is 9.10. The number of aliphatic hydroxyl groups excluding tert-OH is 1. The van der Waals surface area contributed by atoms with E-state index in [1.807, 2.05) is 18.2 Å². The molecule has 0 amide bonds. The van der Waals surface area contributed by atoms with Crippen molar-refractivity contribution in [3.63, 3.8) is 0 Å². The molecule has 4 nitrogen and oxygen atoms in total. The Morgan fingerprint density at radius 1 is 1.20 bits per heavy atom. The number of hydrogen-bond donors (Lipinski definition) is 1. The Balaban J connectivity index is 1.79. The molecule has 0 saturated carbocycles. The third-order valence-electron chi connectivity index (χ3n) is 3.78. The Hall–Kier alpha value is -1.89. The van der Waals surface area contributed by atoms with Gasteiger partial charge in [0.2, 0.25) is 0 Å². The predicted octanol–water partition coefficient (Wildman–Crippen LogP) is 4.81. The molecule has 2 aromatic carbocycles. The van der Waals surface area contributed by atoms with Crippen LogP contribution in [0, 0.1) is 5.82 Å². The molecule has 0 aliphatic heterocycles. The first kappa shape index (κ1) is 17.9. The molecule has 3 aromatic rings. The van der Waals surface area contributed by atoms with Gasteiger partial charge in [-0.3, -0.25) is 0 Å². The molecular formula is C19H18BrFO4. The lowest BCUT2D eigenvalue weighted by atomic mass is 10.1. The van der Waals surface area contributed by atoms with Crippen molar-refractivity contribution in [3.8, 4) is 5.75 Å². The van der Waals surface area contributed by atoms with Crippen LogP contribution in [0.15, 0.2) is 51.6 Å². The monoisotopic (exact) mass is 408 g/mol. The van der Waals surface area contributed by atoms with Crippen LogP contribution in [0.3, 0.4) is 0 Å². The first-order valence-electron chi connectivity index (χ1n) is 7.93. The van der Waals surface area contributed by atoms with Crippen molar-refractivity contribution in [2.75, 3.05) is 6.61 Å². The lowest BCUT2D eigenvalue weighted by molar-refractivity contribution is -0.0930. The summed E-state index contributed by atoms with van der Waals surface area (Å²) in [7, 11) is 0. The van der Waals surface area contributed by atoms with E-state index in [1.54, 1.807) is 19.3 Å². The third-order valence-corrected chi connectivity index (χ3v) is 4.27. The molecule has 0 saturated heterocycles. The standard InChI is InChI=1S/C19H18BrFO4/c1-2-23-19(22)8-12-7-15(21)4-6-17(12)24-10-13-11-25-18-5-3-14(20)9-16(13)18/h3-7,9,11,19,22H,2,8,10H2,1H3. The van der Waals surface area contributed by atoms with Gasteiger partial charge in [-0.15, -0.1) is 0 Å². The molecular weight excluding hydrogens is 391 g/mol. The summed E-state index contributed by atoms with van der Waals surface area (Å²) in [5.74, 6) is 0.119. The molecule has 3 rings (SSSR count). The van der Waals surface area contributed by atoms with E-state index in [1.165, 1.54) is 12.1 Å². The highest BCUT2D eigenvalue weighted by Crippen LogP contribution is 2.27. The zero-order valence-corrected chi connectivity index (χ0v) is 15.3. The van der Waals surface area contributed by atoms with Gasteiger partial charge in [0.05, 0.1) is 6.26 Å². The predicted molar refractivity (Wildman–Crippen MR) is 96.0 cm³/mol. The van der Waals surface area contributed by atoms with Crippen LogP contribution >= 0.6 is 15.9 Å². The Bertz CT molecular complexity index is 862. The van der Waals surface area contributed by atoms with Crippen LogP contribution in [0.1, 0.15) is 18.1 Å². The van der Waals surface area contributed by atoms with Gasteiger partial charge in [0, 0.05) is 34.0 Å². The average Bonchev–Trinajstić information content (AvgIpc) is 2.96. The van der Waals surface area contributed by atoms with E-state index in [9.17, 15) is 9.50 Å². The van der Waals surface area contributed by atoms with Gasteiger partial charge in [-0.25, -0.2) is 4.39 Å². The third kappa shape index (κ3) is 4.39. The fourth-order valence-corrected chi connectivity index (χ4v) is 2.97. The summed E-state index contributed by atoms with van der Waals surface area (Å²) in [6, 6.07) is 9.98. The van der Waals surface area contributed by atoms with Crippen LogP contribution in [-0.4, -0.2) is 18.0 Å². The number of benzene rings is 2. The molecule has 0 spiro atoms. The largest absolute Gasteiger partial charge is 0.488 e. The number of rotatable bonds is 7. The van der Waals surface area contributed by atoms with Crippen LogP contribution in [0.2, 0.25) is 0 Å². The molecule has 1 heterocycles. The van der Waals surface area contributed by atoms with E-state index in [0.717, 1.165) is 21.0 Å². The van der Waals surface area contributed by atoms with E-state index < -0.39 is 6.29 Å². The summed E-state index contributed by atoms with van der Waals surface area (Å²) in [5.41, 5.74) is 2.21. The minimum absolute atomic E-state index is 0.151. The molecule has 1 atom stereocenters. The van der Waals surface area contributed by atoms with Gasteiger partial charge in [0.1, 0.15) is 23.8 Å². The first-order valence-corrected chi connectivity index (χ1v) is 8.72. The summed E-state index contributed by atoms with van der Waals surface area (Å²) in [5, 5.41) is 10.8. The van der Waals surface area contributed by atoms with E-state index in [4.69, 9.17) is 13.9 Å². The van der Waals surface area contributed by atoms with E-state index in [0.29, 0.717) is 17.9 Å². The maximum absolute atomic E-state index is 13.6. The summed E-state index contributed by atoms with van der Waals surface area (Å²) in [4.78, 5) is 0. The Morgan fingerprint density at radius 3 is 2.84 bits per heavy atom. The van der Waals surface area contributed by atoms with E-state index >= 15 is 0 Å². The SMILES string of the molecule is CCOC(O)Cc1cc(F)ccc1OCc1coc2ccc(Br)cc12. The van der Waals surface area contributed by atoms with Crippen LogP contribution in [0.4, 0.5) is 4.39 Å². The molecule has 25 heavy (non-hydrogen) atoms. The van der Waals surface area contributed by atoms with E-state index in [2.05, 4.69) is 15.9 Å². The lowest BCUT2D eigenvalue weighted by Gasteiger charge is -2.15. The molecule has 1 aromatic heterocycles. The maximum Gasteiger partial charge on any atom is 0.158 e. The average molecular weight is 409 g/mol. The normalized spacial score (nSPS) is 12.5. The zero-order chi connectivity index (χ0) is 17.8. The minimum Gasteiger partial charge on any atom is -0.488 e. The summed E-state index contributed by atoms with van der Waals surface area (Å²) >= 11 is 3.44. The number of ether oxygens (including phenoxy) is 2. The van der Waals surface area contributed by atoms with Crippen molar-refractivity contribution in [1.29, 1.82) is 0 Å². The molecule has 0 fully saturated rings. The Labute approximate surface area is 153 Å². The summed E-state index contributed by atoms with van der Waals surface area (Å²) in [6.45, 7) is 2.43. The Morgan fingerprint density at radius 2 is 2.04 bits per heavy atom. The second-order valence-electron chi connectivity index (χ2n) is 5.56. The maximum atomic E-state index is 13.6. The van der Waals surface area contributed by atoms with Crippen molar-refractivity contribution in [1.82, 2.24) is 0 Å². The van der Waals surface area contributed by atoms with Crippen LogP contribution in [0.25, 0.3) is 11.0 Å². The summed E-state index contributed by atoms with van der Waals surface area (Å²) < 4.78 is 31.0. The van der Waals surface area contributed by atoms with Crippen LogP contribution < -0.4 is 4.74 Å². The number of furan rings is 1. The number of aliphatic hydroxyl groups is 1. The fraction of sp³-hybridized carbons (Fsp3) is 0.263. The lowest BCUT2D eigenvalue weighted by Crippen LogP contribution is -2.15. The molecule has 1 N–H and O–H groups in total. The van der Waals surface area contributed by atoms with Crippen LogP contribution in [0.5, 0.6) is 5.75 Å². The van der Waals surface area contributed by atoms with Crippen molar-refractivity contribution < 1.29 is 23.4 Å². The van der Waals surface area contributed by atoms with Crippen molar-refractivity contribution in [2.24, 2.45) is 0 Å². The highest BCUT2D eigenvalue weighted by Gasteiger charge is 2.13. The van der Waals surface area contributed by atoms with Crippen LogP contribution in [-0.2, 0) is 17.8 Å². The van der Waals surface area contributed by atoms with Crippen molar-refractivity contribution in [3.05, 3.63) is 64.1 Å². The quantitative estimate of drug-likeness (QED) is 0.569. The second-order valence-corrected chi connectivity index (χ2v) is 6.47. The molecule has 0 bridgehead atoms. The van der Waals surface area contributed by atoms with Crippen molar-refractivity contribution in [2.45, 2.75) is 26.2 Å². The number of halogens is 2. The topological polar surface area (TPSA) is 51.8 Å².